The molecule has 0 unspecified atom stereocenters. The van der Waals surface area contributed by atoms with Crippen molar-refractivity contribution in [1.82, 2.24) is 14.2 Å². The fourth-order valence-electron chi connectivity index (χ4n) is 5.02. The van der Waals surface area contributed by atoms with Gasteiger partial charge in [0.05, 0.1) is 0 Å². The summed E-state index contributed by atoms with van der Waals surface area (Å²) in [5, 5.41) is 1.72. The van der Waals surface area contributed by atoms with Crippen LogP contribution in [0.15, 0.2) is 42.9 Å². The molecule has 0 spiro atoms. The van der Waals surface area contributed by atoms with E-state index in [0.29, 0.717) is 21.8 Å². The van der Waals surface area contributed by atoms with Crippen LogP contribution in [0, 0.1) is 0 Å². The molecule has 0 N–H and O–H groups in total. The Hall–Kier alpha value is -1.91. The first-order chi connectivity index (χ1) is 13.3. The van der Waals surface area contributed by atoms with Crippen molar-refractivity contribution in [3.63, 3.8) is 0 Å². The summed E-state index contributed by atoms with van der Waals surface area (Å²) in [4.78, 5) is 8.99. The van der Waals surface area contributed by atoms with Crippen LogP contribution in [0.5, 0.6) is 0 Å². The maximum absolute atomic E-state index is 5.91. The van der Waals surface area contributed by atoms with Gasteiger partial charge in [-0.1, -0.05) is 71.4 Å². The first-order valence-electron chi connectivity index (χ1n) is 10.0. The summed E-state index contributed by atoms with van der Waals surface area (Å²) in [6.07, 6.45) is 10.3. The molecule has 0 bridgehead atoms. The van der Waals surface area contributed by atoms with Crippen molar-refractivity contribution in [3.05, 3.63) is 59.1 Å². The first-order valence-corrected chi connectivity index (χ1v) is 12.6. The highest BCUT2D eigenvalue weighted by atomic mass is 35.5. The third kappa shape index (κ3) is 3.56. The minimum Gasteiger partial charge on any atom is -0.358 e. The first kappa shape index (κ1) is 20.8. The van der Waals surface area contributed by atoms with Crippen molar-refractivity contribution >= 4 is 43.0 Å². The number of fused-ring (bicyclic) bond motifs is 1. The molecule has 148 valence electrons. The molecule has 3 aromatic heterocycles. The van der Waals surface area contributed by atoms with E-state index in [1.165, 1.54) is 10.9 Å². The zero-order chi connectivity index (χ0) is 20.5. The highest BCUT2D eigenvalue weighted by Gasteiger charge is 2.46. The van der Waals surface area contributed by atoms with Crippen molar-refractivity contribution in [2.75, 3.05) is 0 Å². The highest BCUT2D eigenvalue weighted by molar-refractivity contribution is 6.82. The van der Waals surface area contributed by atoms with Gasteiger partial charge in [0.2, 0.25) is 0 Å². The number of hydrogen-bond acceptors (Lipinski definition) is 2. The van der Waals surface area contributed by atoms with Crippen molar-refractivity contribution in [3.8, 4) is 0 Å². The second-order valence-corrected chi connectivity index (χ2v) is 14.5. The zero-order valence-corrected chi connectivity index (χ0v) is 19.4. The van der Waals surface area contributed by atoms with E-state index in [1.54, 1.807) is 6.20 Å². The van der Waals surface area contributed by atoms with Crippen LogP contribution in [0.4, 0.5) is 0 Å². The van der Waals surface area contributed by atoms with Crippen LogP contribution in [-0.4, -0.2) is 22.4 Å². The smallest absolute Gasteiger partial charge is 0.171 e. The number of pyridine rings is 2. The van der Waals surface area contributed by atoms with Crippen molar-refractivity contribution < 1.29 is 0 Å². The van der Waals surface area contributed by atoms with Gasteiger partial charge in [0, 0.05) is 29.5 Å². The van der Waals surface area contributed by atoms with Crippen LogP contribution in [0.25, 0.3) is 23.2 Å². The van der Waals surface area contributed by atoms with E-state index in [2.05, 4.69) is 75.2 Å². The standard InChI is InChI=1S/C23H30ClN3Si/c1-16(2)28(17(3)4,18(5)6)27-15-20(21-8-7-13-25-23(21)27)11-9-19-10-12-22(24)26-14-19/h7-18H,1-6H3/b11-9+. The minimum absolute atomic E-state index is 0.513. The molecule has 0 aliphatic heterocycles. The Morgan fingerprint density at radius 1 is 0.929 bits per heavy atom. The number of nitrogens with zero attached hydrogens (tertiary/aromatic N) is 3. The van der Waals surface area contributed by atoms with Crippen LogP contribution in [-0.2, 0) is 0 Å². The van der Waals surface area contributed by atoms with Gasteiger partial charge in [0.15, 0.2) is 8.24 Å². The Kier molecular flexibility index (Phi) is 6.11. The summed E-state index contributed by atoms with van der Waals surface area (Å²) < 4.78 is 2.57. The van der Waals surface area contributed by atoms with Gasteiger partial charge in [-0.25, -0.2) is 9.97 Å². The molecule has 3 nitrogen and oxygen atoms in total. The summed E-state index contributed by atoms with van der Waals surface area (Å²) in [5.74, 6) is 0. The highest BCUT2D eigenvalue weighted by Crippen LogP contribution is 2.44. The molecule has 0 radical (unpaired) electrons. The van der Waals surface area contributed by atoms with Gasteiger partial charge in [-0.15, -0.1) is 0 Å². The SMILES string of the molecule is CC(C)[Si](C(C)C)(C(C)C)n1cc(/C=C/c2ccc(Cl)nc2)c2cccnc21. The van der Waals surface area contributed by atoms with Crippen LogP contribution in [0.2, 0.25) is 21.8 Å². The Morgan fingerprint density at radius 3 is 2.18 bits per heavy atom. The Balaban J connectivity index is 2.19. The van der Waals surface area contributed by atoms with E-state index in [0.717, 1.165) is 11.2 Å². The fraction of sp³-hybridized carbons (Fsp3) is 0.391. The Labute approximate surface area is 174 Å². The predicted molar refractivity (Wildman–Crippen MR) is 124 cm³/mol. The van der Waals surface area contributed by atoms with Gasteiger partial charge >= 0.3 is 0 Å². The molecule has 0 aliphatic rings. The van der Waals surface area contributed by atoms with E-state index in [9.17, 15) is 0 Å². The molecule has 0 fully saturated rings. The lowest BCUT2D eigenvalue weighted by Crippen LogP contribution is -2.51. The van der Waals surface area contributed by atoms with E-state index >= 15 is 0 Å². The predicted octanol–water partition coefficient (Wildman–Crippen LogP) is 7.28. The third-order valence-electron chi connectivity index (χ3n) is 5.99. The normalized spacial score (nSPS) is 12.9. The second kappa shape index (κ2) is 8.22. The van der Waals surface area contributed by atoms with Gasteiger partial charge in [-0.3, -0.25) is 0 Å². The third-order valence-corrected chi connectivity index (χ3v) is 12.9. The lowest BCUT2D eigenvalue weighted by molar-refractivity contribution is 0.770. The molecule has 28 heavy (non-hydrogen) atoms. The van der Waals surface area contributed by atoms with Crippen molar-refractivity contribution in [2.24, 2.45) is 0 Å². The summed E-state index contributed by atoms with van der Waals surface area (Å²) in [7, 11) is -1.87. The number of aromatic nitrogens is 3. The van der Waals surface area contributed by atoms with Crippen LogP contribution < -0.4 is 0 Å². The molecule has 0 aromatic carbocycles. The maximum atomic E-state index is 5.91. The zero-order valence-electron chi connectivity index (χ0n) is 17.6. The average molecular weight is 412 g/mol. The number of rotatable bonds is 6. The van der Waals surface area contributed by atoms with E-state index in [-0.39, 0.29) is 0 Å². The molecule has 3 heterocycles. The molecule has 0 atom stereocenters. The molecule has 0 saturated heterocycles. The quantitative estimate of drug-likeness (QED) is 0.315. The lowest BCUT2D eigenvalue weighted by Gasteiger charge is -2.44. The largest absolute Gasteiger partial charge is 0.358 e. The Morgan fingerprint density at radius 2 is 1.61 bits per heavy atom. The van der Waals surface area contributed by atoms with E-state index in [4.69, 9.17) is 16.6 Å². The molecule has 0 saturated carbocycles. The fourth-order valence-corrected chi connectivity index (χ4v) is 11.7. The maximum Gasteiger partial charge on any atom is 0.171 e. The van der Waals surface area contributed by atoms with Gasteiger partial charge in [0.1, 0.15) is 10.8 Å². The summed E-state index contributed by atoms with van der Waals surface area (Å²) in [6.45, 7) is 14.3. The molecule has 5 heteroatoms. The van der Waals surface area contributed by atoms with Gasteiger partial charge in [-0.2, -0.15) is 0 Å². The van der Waals surface area contributed by atoms with Crippen LogP contribution in [0.3, 0.4) is 0 Å². The van der Waals surface area contributed by atoms with Crippen molar-refractivity contribution in [2.45, 2.75) is 58.2 Å². The van der Waals surface area contributed by atoms with Gasteiger partial charge in [-0.05, 0) is 40.4 Å². The average Bonchev–Trinajstić information content (AvgIpc) is 3.00. The Bertz CT molecular complexity index is 949. The van der Waals surface area contributed by atoms with Crippen LogP contribution >= 0.6 is 11.6 Å². The van der Waals surface area contributed by atoms with Gasteiger partial charge in [0.25, 0.3) is 0 Å². The molecule has 0 aliphatic carbocycles. The van der Waals surface area contributed by atoms with Gasteiger partial charge < -0.3 is 4.23 Å². The summed E-state index contributed by atoms with van der Waals surface area (Å²) >= 11 is 5.91. The van der Waals surface area contributed by atoms with E-state index in [1.807, 2.05) is 24.4 Å². The lowest BCUT2D eigenvalue weighted by atomic mass is 10.2. The molecule has 3 aromatic rings. The number of hydrogen-bond donors (Lipinski definition) is 0. The minimum atomic E-state index is -1.87. The molecule has 0 amide bonds. The number of halogens is 1. The molecular formula is C23H30ClN3Si. The topological polar surface area (TPSA) is 30.7 Å². The summed E-state index contributed by atoms with van der Waals surface area (Å²) in [6, 6.07) is 8.01. The van der Waals surface area contributed by atoms with E-state index < -0.39 is 8.24 Å². The second-order valence-electron chi connectivity index (χ2n) is 8.43. The molecular weight excluding hydrogens is 382 g/mol. The summed E-state index contributed by atoms with van der Waals surface area (Å²) in [5.41, 5.74) is 5.19. The van der Waals surface area contributed by atoms with Crippen molar-refractivity contribution in [1.29, 1.82) is 0 Å². The molecule has 3 rings (SSSR count). The van der Waals surface area contributed by atoms with Crippen LogP contribution in [0.1, 0.15) is 52.7 Å². The monoisotopic (exact) mass is 411 g/mol.